The highest BCUT2D eigenvalue weighted by atomic mass is 32.2. The molecule has 2 atom stereocenters. The minimum absolute atomic E-state index is 0.0381. The van der Waals surface area contributed by atoms with Crippen LogP contribution in [0.3, 0.4) is 0 Å². The van der Waals surface area contributed by atoms with Gasteiger partial charge in [-0.05, 0) is 44.7 Å². The number of nitrogens with zero attached hydrogens (tertiary/aromatic N) is 1. The molecule has 0 spiro atoms. The van der Waals surface area contributed by atoms with Gasteiger partial charge in [-0.1, -0.05) is 24.1 Å². The molecule has 20 heavy (non-hydrogen) atoms. The van der Waals surface area contributed by atoms with E-state index >= 15 is 0 Å². The second-order valence-electron chi connectivity index (χ2n) is 6.01. The van der Waals surface area contributed by atoms with Crippen LogP contribution in [0, 0.1) is 6.92 Å². The van der Waals surface area contributed by atoms with Crippen LogP contribution in [0.15, 0.2) is 29.2 Å². The molecule has 4 nitrogen and oxygen atoms in total. The van der Waals surface area contributed by atoms with Gasteiger partial charge < -0.3 is 5.11 Å². The molecule has 2 heterocycles. The van der Waals surface area contributed by atoms with E-state index in [0.29, 0.717) is 17.7 Å². The van der Waals surface area contributed by atoms with Crippen LogP contribution < -0.4 is 0 Å². The Morgan fingerprint density at radius 1 is 1.10 bits per heavy atom. The number of sulfonamides is 1. The van der Waals surface area contributed by atoms with E-state index in [0.717, 1.165) is 24.8 Å². The van der Waals surface area contributed by atoms with Gasteiger partial charge in [-0.2, -0.15) is 4.31 Å². The molecule has 2 fully saturated rings. The van der Waals surface area contributed by atoms with Gasteiger partial charge in [0.1, 0.15) is 0 Å². The molecular weight excluding hydrogens is 274 g/mol. The molecule has 2 saturated heterocycles. The van der Waals surface area contributed by atoms with E-state index in [-0.39, 0.29) is 18.2 Å². The zero-order valence-electron chi connectivity index (χ0n) is 11.7. The summed E-state index contributed by atoms with van der Waals surface area (Å²) < 4.78 is 27.4. The molecule has 0 saturated carbocycles. The average molecular weight is 295 g/mol. The lowest BCUT2D eigenvalue weighted by molar-refractivity contribution is 0.0220. The highest BCUT2D eigenvalue weighted by Crippen LogP contribution is 2.38. The van der Waals surface area contributed by atoms with Crippen LogP contribution in [-0.2, 0) is 10.0 Å². The van der Waals surface area contributed by atoms with Crippen molar-refractivity contribution in [2.75, 3.05) is 0 Å². The molecule has 5 heteroatoms. The Hall–Kier alpha value is -0.910. The molecule has 110 valence electrons. The standard InChI is InChI=1S/C15H21NO3S/c1-11-5-7-15(8-6-11)20(18,19)16-12-3-2-4-13(16)10-14(17)9-12/h5-8,12-14,17H,2-4,9-10H2,1H3. The number of hydrogen-bond donors (Lipinski definition) is 1. The first-order valence-electron chi connectivity index (χ1n) is 7.27. The molecule has 1 aromatic carbocycles. The van der Waals surface area contributed by atoms with Crippen LogP contribution in [0.5, 0.6) is 0 Å². The molecule has 2 bridgehead atoms. The van der Waals surface area contributed by atoms with Crippen molar-refractivity contribution in [2.24, 2.45) is 0 Å². The summed E-state index contributed by atoms with van der Waals surface area (Å²) in [5, 5.41) is 9.88. The molecular formula is C15H21NO3S. The summed E-state index contributed by atoms with van der Waals surface area (Å²) in [6, 6.07) is 6.97. The van der Waals surface area contributed by atoms with E-state index in [1.807, 2.05) is 19.1 Å². The summed E-state index contributed by atoms with van der Waals surface area (Å²) in [5.74, 6) is 0. The van der Waals surface area contributed by atoms with Crippen LogP contribution in [-0.4, -0.2) is 36.0 Å². The lowest BCUT2D eigenvalue weighted by Crippen LogP contribution is -2.55. The second-order valence-corrected chi connectivity index (χ2v) is 7.85. The van der Waals surface area contributed by atoms with Gasteiger partial charge in [0.25, 0.3) is 0 Å². The van der Waals surface area contributed by atoms with Gasteiger partial charge in [0.15, 0.2) is 0 Å². The molecule has 1 N–H and O–H groups in total. The Balaban J connectivity index is 1.96. The number of aliphatic hydroxyl groups is 1. The average Bonchev–Trinajstić information content (AvgIpc) is 2.37. The van der Waals surface area contributed by atoms with Gasteiger partial charge in [0.05, 0.1) is 11.0 Å². The molecule has 3 rings (SSSR count). The van der Waals surface area contributed by atoms with Gasteiger partial charge in [-0.15, -0.1) is 0 Å². The Morgan fingerprint density at radius 2 is 1.65 bits per heavy atom. The number of aryl methyl sites for hydroxylation is 1. The molecule has 0 amide bonds. The van der Waals surface area contributed by atoms with Crippen LogP contribution in [0.25, 0.3) is 0 Å². The van der Waals surface area contributed by atoms with E-state index < -0.39 is 10.0 Å². The monoisotopic (exact) mass is 295 g/mol. The maximum Gasteiger partial charge on any atom is 0.243 e. The highest BCUT2D eigenvalue weighted by Gasteiger charge is 2.44. The summed E-state index contributed by atoms with van der Waals surface area (Å²) >= 11 is 0. The minimum Gasteiger partial charge on any atom is -0.393 e. The van der Waals surface area contributed by atoms with E-state index in [9.17, 15) is 13.5 Å². The fourth-order valence-corrected chi connectivity index (χ4v) is 5.43. The molecule has 0 aromatic heterocycles. The molecule has 1 aromatic rings. The normalized spacial score (nSPS) is 31.2. The number of fused-ring (bicyclic) bond motifs is 2. The minimum atomic E-state index is -3.44. The lowest BCUT2D eigenvalue weighted by atomic mass is 9.85. The zero-order valence-corrected chi connectivity index (χ0v) is 12.5. The van der Waals surface area contributed by atoms with Crippen molar-refractivity contribution >= 4 is 10.0 Å². The first kappa shape index (κ1) is 14.0. The first-order valence-corrected chi connectivity index (χ1v) is 8.71. The Bertz CT molecular complexity index is 568. The van der Waals surface area contributed by atoms with Crippen molar-refractivity contribution in [1.82, 2.24) is 4.31 Å². The van der Waals surface area contributed by atoms with Gasteiger partial charge in [-0.25, -0.2) is 8.42 Å². The maximum atomic E-state index is 12.9. The number of aliphatic hydroxyl groups excluding tert-OH is 1. The predicted molar refractivity (Wildman–Crippen MR) is 76.9 cm³/mol. The van der Waals surface area contributed by atoms with Crippen LogP contribution in [0.2, 0.25) is 0 Å². The van der Waals surface area contributed by atoms with Gasteiger partial charge in [0.2, 0.25) is 10.0 Å². The summed E-state index contributed by atoms with van der Waals surface area (Å²) in [7, 11) is -3.44. The van der Waals surface area contributed by atoms with Gasteiger partial charge >= 0.3 is 0 Å². The topological polar surface area (TPSA) is 57.6 Å². The zero-order chi connectivity index (χ0) is 14.3. The fourth-order valence-electron chi connectivity index (χ4n) is 3.53. The quantitative estimate of drug-likeness (QED) is 0.908. The van der Waals surface area contributed by atoms with Crippen molar-refractivity contribution in [2.45, 2.75) is 62.1 Å². The molecule has 2 aliphatic rings. The van der Waals surface area contributed by atoms with Crippen molar-refractivity contribution in [3.63, 3.8) is 0 Å². The summed E-state index contributed by atoms with van der Waals surface area (Å²) in [6.07, 6.45) is 3.57. The smallest absolute Gasteiger partial charge is 0.243 e. The van der Waals surface area contributed by atoms with E-state index in [4.69, 9.17) is 0 Å². The van der Waals surface area contributed by atoms with Crippen molar-refractivity contribution < 1.29 is 13.5 Å². The van der Waals surface area contributed by atoms with Gasteiger partial charge in [-0.3, -0.25) is 0 Å². The second kappa shape index (κ2) is 5.13. The van der Waals surface area contributed by atoms with Crippen LogP contribution in [0.1, 0.15) is 37.7 Å². The van der Waals surface area contributed by atoms with E-state index in [1.165, 1.54) is 0 Å². The van der Waals surface area contributed by atoms with Crippen molar-refractivity contribution in [3.05, 3.63) is 29.8 Å². The summed E-state index contributed by atoms with van der Waals surface area (Å²) in [6.45, 7) is 1.95. The van der Waals surface area contributed by atoms with E-state index in [2.05, 4.69) is 0 Å². The van der Waals surface area contributed by atoms with Gasteiger partial charge in [0, 0.05) is 12.1 Å². The summed E-state index contributed by atoms with van der Waals surface area (Å²) in [4.78, 5) is 0.372. The van der Waals surface area contributed by atoms with Crippen LogP contribution in [0.4, 0.5) is 0 Å². The SMILES string of the molecule is Cc1ccc(S(=O)(=O)N2C3CCCC2CC(O)C3)cc1. The molecule has 0 radical (unpaired) electrons. The number of piperidine rings is 2. The Labute approximate surface area is 120 Å². The van der Waals surface area contributed by atoms with Crippen LogP contribution >= 0.6 is 0 Å². The fraction of sp³-hybridized carbons (Fsp3) is 0.600. The first-order chi connectivity index (χ1) is 9.48. The number of benzene rings is 1. The largest absolute Gasteiger partial charge is 0.393 e. The third kappa shape index (κ3) is 2.38. The van der Waals surface area contributed by atoms with E-state index in [1.54, 1.807) is 16.4 Å². The number of rotatable bonds is 2. The maximum absolute atomic E-state index is 12.9. The third-order valence-corrected chi connectivity index (χ3v) is 6.50. The summed E-state index contributed by atoms with van der Waals surface area (Å²) in [5.41, 5.74) is 1.05. The predicted octanol–water partition coefficient (Wildman–Crippen LogP) is 2.06. The lowest BCUT2D eigenvalue weighted by Gasteiger charge is -2.46. The Kier molecular flexibility index (Phi) is 3.60. The highest BCUT2D eigenvalue weighted by molar-refractivity contribution is 7.89. The van der Waals surface area contributed by atoms with Crippen molar-refractivity contribution in [1.29, 1.82) is 0 Å². The Morgan fingerprint density at radius 3 is 2.20 bits per heavy atom. The molecule has 0 aliphatic carbocycles. The molecule has 2 unspecified atom stereocenters. The number of hydrogen-bond acceptors (Lipinski definition) is 3. The van der Waals surface area contributed by atoms with Crippen molar-refractivity contribution in [3.8, 4) is 0 Å². The third-order valence-electron chi connectivity index (χ3n) is 4.48. The molecule has 2 aliphatic heterocycles.